The van der Waals surface area contributed by atoms with Crippen molar-refractivity contribution in [2.45, 2.75) is 65.0 Å². The summed E-state index contributed by atoms with van der Waals surface area (Å²) in [5.74, 6) is 0. The van der Waals surface area contributed by atoms with Gasteiger partial charge in [0.1, 0.15) is 0 Å². The molecule has 0 aromatic heterocycles. The maximum atomic E-state index is 6.02. The summed E-state index contributed by atoms with van der Waals surface area (Å²) in [4.78, 5) is 2.48. The quantitative estimate of drug-likeness (QED) is 0.847. The van der Waals surface area contributed by atoms with E-state index in [2.05, 4.69) is 66.8 Å². The molecule has 0 radical (unpaired) electrons. The minimum Gasteiger partial charge on any atom is -0.371 e. The predicted molar refractivity (Wildman–Crippen MR) is 95.9 cm³/mol. The van der Waals surface area contributed by atoms with Crippen LogP contribution in [-0.2, 0) is 6.42 Å². The Labute approximate surface area is 138 Å². The maximum Gasteiger partial charge on any atom is 0.0410 e. The van der Waals surface area contributed by atoms with Crippen LogP contribution in [-0.4, -0.2) is 19.1 Å². The van der Waals surface area contributed by atoms with Gasteiger partial charge in [-0.2, -0.15) is 0 Å². The fraction of sp³-hybridized carbons (Fsp3) is 0.667. The molecule has 1 atom stereocenters. The first-order valence-corrected chi connectivity index (χ1v) is 8.85. The van der Waals surface area contributed by atoms with Gasteiger partial charge in [-0.25, -0.2) is 0 Å². The Kier molecular flexibility index (Phi) is 5.37. The maximum absolute atomic E-state index is 6.02. The van der Waals surface area contributed by atoms with Gasteiger partial charge in [-0.05, 0) is 62.1 Å². The molecule has 3 heteroatoms. The SMILES string of the molecule is CC(N)Cc1ccc(Br)cc1N(C)C1CCC(C)(C)CC1. The highest BCUT2D eigenvalue weighted by Crippen LogP contribution is 2.38. The zero-order chi connectivity index (χ0) is 15.6. The highest BCUT2D eigenvalue weighted by atomic mass is 79.9. The van der Waals surface area contributed by atoms with Crippen molar-refractivity contribution >= 4 is 21.6 Å². The van der Waals surface area contributed by atoms with E-state index in [-0.39, 0.29) is 6.04 Å². The van der Waals surface area contributed by atoms with Gasteiger partial charge in [-0.15, -0.1) is 0 Å². The monoisotopic (exact) mass is 352 g/mol. The van der Waals surface area contributed by atoms with Crippen LogP contribution >= 0.6 is 15.9 Å². The van der Waals surface area contributed by atoms with Crippen molar-refractivity contribution in [1.82, 2.24) is 0 Å². The molecule has 0 aliphatic heterocycles. The molecule has 0 heterocycles. The molecular formula is C18H29BrN2. The normalized spacial score (nSPS) is 20.3. The molecule has 2 N–H and O–H groups in total. The Bertz CT molecular complexity index is 472. The summed E-state index contributed by atoms with van der Waals surface area (Å²) in [6.45, 7) is 6.86. The lowest BCUT2D eigenvalue weighted by molar-refractivity contribution is 0.222. The van der Waals surface area contributed by atoms with Crippen molar-refractivity contribution in [2.24, 2.45) is 11.1 Å². The molecule has 21 heavy (non-hydrogen) atoms. The Hall–Kier alpha value is -0.540. The van der Waals surface area contributed by atoms with Gasteiger partial charge < -0.3 is 10.6 Å². The number of hydrogen-bond acceptors (Lipinski definition) is 2. The van der Waals surface area contributed by atoms with Gasteiger partial charge in [0.15, 0.2) is 0 Å². The van der Waals surface area contributed by atoms with E-state index in [9.17, 15) is 0 Å². The van der Waals surface area contributed by atoms with Crippen LogP contribution in [0.2, 0.25) is 0 Å². The number of halogens is 1. The van der Waals surface area contributed by atoms with Crippen LogP contribution in [0, 0.1) is 5.41 Å². The van der Waals surface area contributed by atoms with E-state index >= 15 is 0 Å². The smallest absolute Gasteiger partial charge is 0.0410 e. The molecule has 1 aromatic carbocycles. The van der Waals surface area contributed by atoms with Crippen LogP contribution < -0.4 is 10.6 Å². The zero-order valence-corrected chi connectivity index (χ0v) is 15.4. The first kappa shape index (κ1) is 16.8. The highest BCUT2D eigenvalue weighted by Gasteiger charge is 2.29. The molecule has 0 amide bonds. The van der Waals surface area contributed by atoms with Gasteiger partial charge >= 0.3 is 0 Å². The number of hydrogen-bond donors (Lipinski definition) is 1. The molecule has 0 spiro atoms. The third kappa shape index (κ3) is 4.46. The standard InChI is InChI=1S/C18H29BrN2/c1-13(20)11-14-5-6-15(19)12-17(14)21(4)16-7-9-18(2,3)10-8-16/h5-6,12-13,16H,7-11,20H2,1-4H3. The van der Waals surface area contributed by atoms with Crippen LogP contribution in [0.4, 0.5) is 5.69 Å². The van der Waals surface area contributed by atoms with Crippen molar-refractivity contribution in [3.63, 3.8) is 0 Å². The second kappa shape index (κ2) is 6.70. The lowest BCUT2D eigenvalue weighted by Crippen LogP contribution is -2.38. The van der Waals surface area contributed by atoms with E-state index in [1.165, 1.54) is 36.9 Å². The summed E-state index contributed by atoms with van der Waals surface area (Å²) in [5.41, 5.74) is 9.23. The molecule has 2 rings (SSSR count). The third-order valence-corrected chi connectivity index (χ3v) is 5.32. The second-order valence-corrected chi connectivity index (χ2v) is 8.38. The minimum absolute atomic E-state index is 0.198. The van der Waals surface area contributed by atoms with Crippen molar-refractivity contribution < 1.29 is 0 Å². The van der Waals surface area contributed by atoms with Crippen LogP contribution in [0.25, 0.3) is 0 Å². The van der Waals surface area contributed by atoms with E-state index in [1.54, 1.807) is 0 Å². The largest absolute Gasteiger partial charge is 0.371 e. The van der Waals surface area contributed by atoms with Crippen LogP contribution in [0.15, 0.2) is 22.7 Å². The third-order valence-electron chi connectivity index (χ3n) is 4.83. The topological polar surface area (TPSA) is 29.3 Å². The molecule has 118 valence electrons. The summed E-state index contributed by atoms with van der Waals surface area (Å²) in [6, 6.07) is 7.44. The Morgan fingerprint density at radius 1 is 1.33 bits per heavy atom. The lowest BCUT2D eigenvalue weighted by Gasteiger charge is -2.40. The fourth-order valence-electron chi connectivity index (χ4n) is 3.35. The molecule has 1 aromatic rings. The number of nitrogens with zero attached hydrogens (tertiary/aromatic N) is 1. The summed E-state index contributed by atoms with van der Waals surface area (Å²) in [5, 5.41) is 0. The number of nitrogens with two attached hydrogens (primary N) is 1. The van der Waals surface area contributed by atoms with E-state index in [0.717, 1.165) is 10.9 Å². The first-order chi connectivity index (χ1) is 9.78. The van der Waals surface area contributed by atoms with E-state index in [4.69, 9.17) is 5.73 Å². The summed E-state index contributed by atoms with van der Waals surface area (Å²) in [6.07, 6.45) is 6.14. The molecule has 1 aliphatic rings. The van der Waals surface area contributed by atoms with Crippen LogP contribution in [0.5, 0.6) is 0 Å². The summed E-state index contributed by atoms with van der Waals surface area (Å²) in [7, 11) is 2.25. The zero-order valence-electron chi connectivity index (χ0n) is 13.8. The van der Waals surface area contributed by atoms with Gasteiger partial charge in [-0.1, -0.05) is 35.8 Å². The number of anilines is 1. The van der Waals surface area contributed by atoms with Gasteiger partial charge in [0.2, 0.25) is 0 Å². The molecule has 1 saturated carbocycles. The highest BCUT2D eigenvalue weighted by molar-refractivity contribution is 9.10. The molecular weight excluding hydrogens is 324 g/mol. The molecule has 1 aliphatic carbocycles. The Morgan fingerprint density at radius 2 is 1.95 bits per heavy atom. The van der Waals surface area contributed by atoms with E-state index in [1.807, 2.05) is 0 Å². The predicted octanol–water partition coefficient (Wildman–Crippen LogP) is 4.74. The number of benzene rings is 1. The molecule has 0 saturated heterocycles. The molecule has 2 nitrogen and oxygen atoms in total. The lowest BCUT2D eigenvalue weighted by atomic mass is 9.75. The van der Waals surface area contributed by atoms with Gasteiger partial charge in [0, 0.05) is 29.3 Å². The van der Waals surface area contributed by atoms with Gasteiger partial charge in [-0.3, -0.25) is 0 Å². The number of rotatable bonds is 4. The van der Waals surface area contributed by atoms with Gasteiger partial charge in [0.05, 0.1) is 0 Å². The second-order valence-electron chi connectivity index (χ2n) is 7.46. The van der Waals surface area contributed by atoms with Gasteiger partial charge in [0.25, 0.3) is 0 Å². The molecule has 1 fully saturated rings. The first-order valence-electron chi connectivity index (χ1n) is 8.05. The Morgan fingerprint density at radius 3 is 2.52 bits per heavy atom. The van der Waals surface area contributed by atoms with Crippen molar-refractivity contribution in [2.75, 3.05) is 11.9 Å². The van der Waals surface area contributed by atoms with Crippen molar-refractivity contribution in [1.29, 1.82) is 0 Å². The summed E-state index contributed by atoms with van der Waals surface area (Å²) >= 11 is 3.62. The average molecular weight is 353 g/mol. The summed E-state index contributed by atoms with van der Waals surface area (Å²) < 4.78 is 1.15. The molecule has 0 bridgehead atoms. The molecule has 1 unspecified atom stereocenters. The van der Waals surface area contributed by atoms with Crippen molar-refractivity contribution in [3.05, 3.63) is 28.2 Å². The minimum atomic E-state index is 0.198. The average Bonchev–Trinajstić information content (AvgIpc) is 2.39. The van der Waals surface area contributed by atoms with E-state index in [0.29, 0.717) is 11.5 Å². The fourth-order valence-corrected chi connectivity index (χ4v) is 3.70. The van der Waals surface area contributed by atoms with E-state index < -0.39 is 0 Å². The Balaban J connectivity index is 2.18. The van der Waals surface area contributed by atoms with Crippen LogP contribution in [0.1, 0.15) is 52.0 Å². The van der Waals surface area contributed by atoms with Crippen molar-refractivity contribution in [3.8, 4) is 0 Å². The van der Waals surface area contributed by atoms with Crippen LogP contribution in [0.3, 0.4) is 0 Å².